The zero-order valence-corrected chi connectivity index (χ0v) is 12.7. The Morgan fingerprint density at radius 3 is 2.20 bits per heavy atom. The molecule has 0 aliphatic carbocycles. The Labute approximate surface area is 121 Å². The first-order chi connectivity index (χ1) is 9.30. The highest BCUT2D eigenvalue weighted by Crippen LogP contribution is 2.38. The van der Waals surface area contributed by atoms with E-state index in [-0.39, 0.29) is 5.41 Å². The van der Waals surface area contributed by atoms with Crippen LogP contribution < -0.4 is 0 Å². The summed E-state index contributed by atoms with van der Waals surface area (Å²) in [6.45, 7) is 12.5. The molecule has 0 atom stereocenters. The lowest BCUT2D eigenvalue weighted by Crippen LogP contribution is -2.12. The van der Waals surface area contributed by atoms with E-state index < -0.39 is 0 Å². The van der Waals surface area contributed by atoms with E-state index in [1.165, 1.54) is 0 Å². The monoisotopic (exact) mass is 266 g/mol. The van der Waals surface area contributed by atoms with Gasteiger partial charge in [0.1, 0.15) is 5.75 Å². The molecular formula is C19H22O. The van der Waals surface area contributed by atoms with Gasteiger partial charge in [0.15, 0.2) is 0 Å². The fourth-order valence-corrected chi connectivity index (χ4v) is 2.38. The SMILES string of the molecule is C=C(c1ccccc1)c1cc(C)cc(C(C)(C)C)c1O. The van der Waals surface area contributed by atoms with E-state index in [0.29, 0.717) is 5.75 Å². The minimum Gasteiger partial charge on any atom is -0.507 e. The van der Waals surface area contributed by atoms with E-state index in [1.54, 1.807) is 0 Å². The van der Waals surface area contributed by atoms with E-state index in [2.05, 4.69) is 40.3 Å². The number of phenolic OH excluding ortho intramolecular Hbond substituents is 1. The minimum absolute atomic E-state index is 0.0954. The van der Waals surface area contributed by atoms with Gasteiger partial charge in [0.05, 0.1) is 0 Å². The molecule has 0 heterocycles. The van der Waals surface area contributed by atoms with Crippen LogP contribution in [0.5, 0.6) is 5.75 Å². The van der Waals surface area contributed by atoms with Crippen molar-refractivity contribution in [1.29, 1.82) is 0 Å². The second-order valence-electron chi connectivity index (χ2n) is 6.30. The molecule has 0 aliphatic rings. The molecule has 104 valence electrons. The van der Waals surface area contributed by atoms with Crippen LogP contribution in [0.4, 0.5) is 0 Å². The lowest BCUT2D eigenvalue weighted by Gasteiger charge is -2.23. The van der Waals surface area contributed by atoms with E-state index in [9.17, 15) is 5.11 Å². The first kappa shape index (κ1) is 14.4. The van der Waals surface area contributed by atoms with Crippen molar-refractivity contribution in [2.45, 2.75) is 33.1 Å². The topological polar surface area (TPSA) is 20.2 Å². The Bertz CT molecular complexity index is 631. The summed E-state index contributed by atoms with van der Waals surface area (Å²) in [6.07, 6.45) is 0. The van der Waals surface area contributed by atoms with Crippen LogP contribution in [0.2, 0.25) is 0 Å². The standard InChI is InChI=1S/C19H22O/c1-13-11-16(14(2)15-9-7-6-8-10-15)18(20)17(12-13)19(3,4)5/h6-12,20H,2H2,1,3-5H3. The van der Waals surface area contributed by atoms with Crippen LogP contribution >= 0.6 is 0 Å². The fraction of sp³-hybridized carbons (Fsp3) is 0.263. The van der Waals surface area contributed by atoms with Crippen LogP contribution in [0.3, 0.4) is 0 Å². The molecule has 1 nitrogen and oxygen atoms in total. The molecule has 2 rings (SSSR count). The van der Waals surface area contributed by atoms with E-state index in [1.807, 2.05) is 36.4 Å². The molecule has 0 radical (unpaired) electrons. The second kappa shape index (κ2) is 5.16. The average molecular weight is 266 g/mol. The Balaban J connectivity index is 2.58. The molecule has 2 aromatic rings. The van der Waals surface area contributed by atoms with Crippen LogP contribution in [0.25, 0.3) is 5.57 Å². The quantitative estimate of drug-likeness (QED) is 0.805. The van der Waals surface area contributed by atoms with Gasteiger partial charge < -0.3 is 5.11 Å². The molecule has 20 heavy (non-hydrogen) atoms. The number of aromatic hydroxyl groups is 1. The first-order valence-electron chi connectivity index (χ1n) is 6.89. The summed E-state index contributed by atoms with van der Waals surface area (Å²) in [6, 6.07) is 14.0. The van der Waals surface area contributed by atoms with E-state index in [4.69, 9.17) is 0 Å². The number of phenols is 1. The van der Waals surface area contributed by atoms with E-state index in [0.717, 1.165) is 27.8 Å². The molecule has 0 aromatic heterocycles. The van der Waals surface area contributed by atoms with Crippen molar-refractivity contribution in [3.8, 4) is 5.75 Å². The fourth-order valence-electron chi connectivity index (χ4n) is 2.38. The third-order valence-electron chi connectivity index (χ3n) is 3.51. The lowest BCUT2D eigenvalue weighted by atomic mass is 9.82. The zero-order chi connectivity index (χ0) is 14.9. The highest BCUT2D eigenvalue weighted by molar-refractivity contribution is 5.82. The normalized spacial score (nSPS) is 11.4. The molecule has 0 saturated heterocycles. The van der Waals surface area contributed by atoms with Gasteiger partial charge in [-0.05, 0) is 35.1 Å². The van der Waals surface area contributed by atoms with Crippen molar-refractivity contribution in [2.24, 2.45) is 0 Å². The highest BCUT2D eigenvalue weighted by Gasteiger charge is 2.21. The van der Waals surface area contributed by atoms with Crippen LogP contribution in [0.1, 0.15) is 43.0 Å². The van der Waals surface area contributed by atoms with Gasteiger partial charge in [-0.3, -0.25) is 0 Å². The number of rotatable bonds is 2. The molecule has 0 saturated carbocycles. The molecular weight excluding hydrogens is 244 g/mol. The van der Waals surface area contributed by atoms with Crippen molar-refractivity contribution in [3.63, 3.8) is 0 Å². The average Bonchev–Trinajstić information content (AvgIpc) is 2.40. The summed E-state index contributed by atoms with van der Waals surface area (Å²) in [7, 11) is 0. The van der Waals surface area contributed by atoms with Crippen LogP contribution in [0, 0.1) is 6.92 Å². The van der Waals surface area contributed by atoms with Crippen molar-refractivity contribution in [3.05, 3.63) is 71.3 Å². The number of hydrogen-bond donors (Lipinski definition) is 1. The van der Waals surface area contributed by atoms with Gasteiger partial charge in [-0.25, -0.2) is 0 Å². The molecule has 0 bridgehead atoms. The van der Waals surface area contributed by atoms with Gasteiger partial charge in [-0.15, -0.1) is 0 Å². The first-order valence-corrected chi connectivity index (χ1v) is 6.89. The summed E-state index contributed by atoms with van der Waals surface area (Å²) in [5, 5.41) is 10.6. The highest BCUT2D eigenvalue weighted by atomic mass is 16.3. The van der Waals surface area contributed by atoms with Gasteiger partial charge in [0.2, 0.25) is 0 Å². The molecule has 0 unspecified atom stereocenters. The van der Waals surface area contributed by atoms with Crippen molar-refractivity contribution >= 4 is 5.57 Å². The molecule has 0 spiro atoms. The van der Waals surface area contributed by atoms with Gasteiger partial charge >= 0.3 is 0 Å². The largest absolute Gasteiger partial charge is 0.507 e. The smallest absolute Gasteiger partial charge is 0.127 e. The summed E-state index contributed by atoms with van der Waals surface area (Å²) in [5.74, 6) is 0.344. The Kier molecular flexibility index (Phi) is 3.71. The summed E-state index contributed by atoms with van der Waals surface area (Å²) >= 11 is 0. The number of aryl methyl sites for hydroxylation is 1. The zero-order valence-electron chi connectivity index (χ0n) is 12.7. The Hall–Kier alpha value is -2.02. The van der Waals surface area contributed by atoms with Crippen LogP contribution in [-0.2, 0) is 5.41 Å². The predicted octanol–water partition coefficient (Wildman–Crippen LogP) is 5.06. The molecule has 0 fully saturated rings. The van der Waals surface area contributed by atoms with Crippen molar-refractivity contribution < 1.29 is 5.11 Å². The van der Waals surface area contributed by atoms with Crippen molar-refractivity contribution in [1.82, 2.24) is 0 Å². The summed E-state index contributed by atoms with van der Waals surface area (Å²) in [5.41, 5.74) is 4.72. The third kappa shape index (κ3) is 2.77. The van der Waals surface area contributed by atoms with Gasteiger partial charge in [0, 0.05) is 11.1 Å². The molecule has 2 aromatic carbocycles. The maximum atomic E-state index is 10.6. The van der Waals surface area contributed by atoms with E-state index >= 15 is 0 Å². The maximum absolute atomic E-state index is 10.6. The van der Waals surface area contributed by atoms with Crippen LogP contribution in [0.15, 0.2) is 49.0 Å². The summed E-state index contributed by atoms with van der Waals surface area (Å²) < 4.78 is 0. The van der Waals surface area contributed by atoms with Gasteiger partial charge in [0.25, 0.3) is 0 Å². The number of hydrogen-bond acceptors (Lipinski definition) is 1. The molecule has 0 aliphatic heterocycles. The Morgan fingerprint density at radius 1 is 1.05 bits per heavy atom. The maximum Gasteiger partial charge on any atom is 0.127 e. The van der Waals surface area contributed by atoms with Gasteiger partial charge in [-0.2, -0.15) is 0 Å². The van der Waals surface area contributed by atoms with Crippen molar-refractivity contribution in [2.75, 3.05) is 0 Å². The minimum atomic E-state index is -0.0954. The number of benzene rings is 2. The van der Waals surface area contributed by atoms with Crippen LogP contribution in [-0.4, -0.2) is 5.11 Å². The predicted molar refractivity (Wildman–Crippen MR) is 86.1 cm³/mol. The van der Waals surface area contributed by atoms with Gasteiger partial charge in [-0.1, -0.05) is 63.7 Å². The lowest BCUT2D eigenvalue weighted by molar-refractivity contribution is 0.445. The molecule has 0 amide bonds. The summed E-state index contributed by atoms with van der Waals surface area (Å²) in [4.78, 5) is 0. The molecule has 1 N–H and O–H groups in total. The Morgan fingerprint density at radius 2 is 1.65 bits per heavy atom. The molecule has 1 heteroatoms. The third-order valence-corrected chi connectivity index (χ3v) is 3.51. The second-order valence-corrected chi connectivity index (χ2v) is 6.30.